The summed E-state index contributed by atoms with van der Waals surface area (Å²) in [5.74, 6) is -0.946. The van der Waals surface area contributed by atoms with Gasteiger partial charge in [0.1, 0.15) is 21.2 Å². The van der Waals surface area contributed by atoms with Gasteiger partial charge < -0.3 is 33.3 Å². The molecule has 2 bridgehead atoms. The van der Waals surface area contributed by atoms with Crippen LogP contribution in [0.4, 0.5) is 5.69 Å². The zero-order chi connectivity index (χ0) is 41.7. The van der Waals surface area contributed by atoms with Crippen molar-refractivity contribution in [2.24, 2.45) is 29.2 Å². The minimum absolute atomic E-state index is 0.0467. The summed E-state index contributed by atoms with van der Waals surface area (Å²) in [4.78, 5) is 30.5. The van der Waals surface area contributed by atoms with Gasteiger partial charge in [0.25, 0.3) is 11.8 Å². The number of fused-ring (bicyclic) bond motifs is 4. The van der Waals surface area contributed by atoms with Crippen molar-refractivity contribution in [3.8, 4) is 11.6 Å². The summed E-state index contributed by atoms with van der Waals surface area (Å²) >= 11 is 6.49. The summed E-state index contributed by atoms with van der Waals surface area (Å²) in [5.41, 5.74) is 3.22. The summed E-state index contributed by atoms with van der Waals surface area (Å²) < 4.78 is 58.8. The second-order valence-corrected chi connectivity index (χ2v) is 18.6. The van der Waals surface area contributed by atoms with Gasteiger partial charge in [-0.3, -0.25) is 19.0 Å². The molecule has 2 amide bonds. The molecule has 2 aromatic carbocycles. The SMILES string of the molecule is COCCOCCO[C@H]1/C=C\[C@H](OC)[C@@H]2CC[C@H]2CN2C[C@@]3(CCCc4cc(Cl)ccc43)COc3ccc(cc32)C(=O)N=S(=O)(NC(=O)c2cn(C)nc2OC)C[C@H]1C. The zero-order valence-corrected chi connectivity index (χ0v) is 36.1. The smallest absolute Gasteiger partial charge is 0.286 e. The van der Waals surface area contributed by atoms with Gasteiger partial charge in [-0.2, -0.15) is 0 Å². The Morgan fingerprint density at radius 2 is 1.88 bits per heavy atom. The van der Waals surface area contributed by atoms with Crippen LogP contribution in [-0.2, 0) is 47.7 Å². The first-order valence-electron chi connectivity index (χ1n) is 20.3. The van der Waals surface area contributed by atoms with E-state index in [2.05, 4.69) is 31.2 Å². The van der Waals surface area contributed by atoms with E-state index < -0.39 is 33.8 Å². The first kappa shape index (κ1) is 43.1. The fourth-order valence-electron chi connectivity index (χ4n) is 9.01. The van der Waals surface area contributed by atoms with Crippen LogP contribution in [0.3, 0.4) is 0 Å². The van der Waals surface area contributed by atoms with Crippen molar-refractivity contribution in [2.45, 2.75) is 56.7 Å². The number of methoxy groups -OCH3 is 3. The normalized spacial score (nSPS) is 28.6. The molecule has 320 valence electrons. The number of halogens is 1. The number of nitrogens with one attached hydrogen (secondary N) is 1. The Morgan fingerprint density at radius 3 is 2.64 bits per heavy atom. The van der Waals surface area contributed by atoms with Crippen molar-refractivity contribution in [3.05, 3.63) is 82.0 Å². The lowest BCUT2D eigenvalue weighted by Gasteiger charge is -2.46. The van der Waals surface area contributed by atoms with E-state index in [-0.39, 0.29) is 46.8 Å². The van der Waals surface area contributed by atoms with Crippen LogP contribution in [0.15, 0.2) is 59.1 Å². The Morgan fingerprint density at radius 1 is 1.07 bits per heavy atom. The molecule has 2 aliphatic carbocycles. The fraction of sp³-hybridized carbons (Fsp3) is 0.558. The number of anilines is 1. The van der Waals surface area contributed by atoms with Crippen molar-refractivity contribution < 1.29 is 42.2 Å². The summed E-state index contributed by atoms with van der Waals surface area (Å²) in [5, 5.41) is 4.90. The van der Waals surface area contributed by atoms with E-state index >= 15 is 4.21 Å². The third-order valence-electron chi connectivity index (χ3n) is 12.1. The van der Waals surface area contributed by atoms with Gasteiger partial charge in [-0.25, -0.2) is 4.21 Å². The Kier molecular flexibility index (Phi) is 13.7. The molecule has 0 saturated heterocycles. The van der Waals surface area contributed by atoms with E-state index in [0.717, 1.165) is 42.8 Å². The summed E-state index contributed by atoms with van der Waals surface area (Å²) in [7, 11) is 2.58. The Balaban J connectivity index is 1.30. The molecule has 14 nitrogen and oxygen atoms in total. The predicted octanol–water partition coefficient (Wildman–Crippen LogP) is 5.80. The molecule has 3 aromatic rings. The Labute approximate surface area is 352 Å². The molecule has 59 heavy (non-hydrogen) atoms. The number of amides is 2. The van der Waals surface area contributed by atoms with Crippen molar-refractivity contribution in [3.63, 3.8) is 0 Å². The molecular weight excluding hydrogens is 798 g/mol. The van der Waals surface area contributed by atoms with Gasteiger partial charge in [-0.05, 0) is 85.4 Å². The minimum atomic E-state index is -3.80. The molecule has 1 N–H and O–H groups in total. The van der Waals surface area contributed by atoms with E-state index in [4.69, 9.17) is 40.0 Å². The van der Waals surface area contributed by atoms with Gasteiger partial charge in [0.15, 0.2) is 0 Å². The molecule has 1 saturated carbocycles. The van der Waals surface area contributed by atoms with Gasteiger partial charge >= 0.3 is 0 Å². The van der Waals surface area contributed by atoms with Crippen LogP contribution in [0.5, 0.6) is 11.6 Å². The van der Waals surface area contributed by atoms with E-state index in [0.29, 0.717) is 51.2 Å². The van der Waals surface area contributed by atoms with Crippen LogP contribution in [0.1, 0.15) is 64.4 Å². The summed E-state index contributed by atoms with van der Waals surface area (Å²) in [6.07, 6.45) is 9.54. The van der Waals surface area contributed by atoms with Crippen LogP contribution in [0, 0.1) is 17.8 Å². The number of aryl methyl sites for hydroxylation is 2. The molecule has 7 rings (SSSR count). The first-order chi connectivity index (χ1) is 28.4. The van der Waals surface area contributed by atoms with Gasteiger partial charge in [0, 0.05) is 62.5 Å². The van der Waals surface area contributed by atoms with Crippen molar-refractivity contribution in [2.75, 3.05) is 78.1 Å². The lowest BCUT2D eigenvalue weighted by Crippen LogP contribution is -2.49. The molecule has 7 atom stereocenters. The molecule has 4 aliphatic rings. The van der Waals surface area contributed by atoms with Gasteiger partial charge in [-0.15, -0.1) is 9.46 Å². The van der Waals surface area contributed by atoms with Crippen molar-refractivity contribution in [1.82, 2.24) is 14.5 Å². The molecule has 1 unspecified atom stereocenters. The first-order valence-corrected chi connectivity index (χ1v) is 22.4. The molecule has 1 fully saturated rings. The molecular formula is C43H56ClN5O9S. The van der Waals surface area contributed by atoms with E-state index in [9.17, 15) is 9.59 Å². The Bertz CT molecular complexity index is 2150. The largest absolute Gasteiger partial charge is 0.490 e. The molecule has 2 aliphatic heterocycles. The van der Waals surface area contributed by atoms with E-state index in [1.807, 2.05) is 25.1 Å². The molecule has 1 aromatic heterocycles. The zero-order valence-electron chi connectivity index (χ0n) is 34.5. The lowest BCUT2D eigenvalue weighted by molar-refractivity contribution is -0.00683. The van der Waals surface area contributed by atoms with Gasteiger partial charge in [-0.1, -0.05) is 36.7 Å². The number of nitrogens with zero attached hydrogens (tertiary/aromatic N) is 4. The van der Waals surface area contributed by atoms with Crippen LogP contribution in [-0.4, -0.2) is 111 Å². The van der Waals surface area contributed by atoms with Crippen LogP contribution in [0.2, 0.25) is 5.02 Å². The number of carbonyl (C=O) groups is 2. The fourth-order valence-corrected chi connectivity index (χ4v) is 11.1. The van der Waals surface area contributed by atoms with Crippen molar-refractivity contribution in [1.29, 1.82) is 0 Å². The standard InChI is InChI=1S/C43H56ClN5O9S/c1-28-25-59(52,47-41(51)34-24-48(2)45-42(34)55-5)46-40(50)30-9-13-39-36(22-30)49(26-43(27-58-39)16-6-7-29-21-32(44)10-12-35(29)43)23-31-8-11-33(31)38(54-4)15-14-37(28)57-20-19-56-18-17-53-3/h9-10,12-15,21-22,24,28,31,33,37-38H,6-8,11,16-20,23,25-27H2,1-5H3,(H,46,47,50,51,52)/b15-14-/t28-,31+,33-,37+,38+,43+,59?/m1/s1. The monoisotopic (exact) mass is 853 g/mol. The number of hydrogen-bond acceptors (Lipinski definition) is 11. The number of ether oxygens (including phenoxy) is 6. The highest BCUT2D eigenvalue weighted by Crippen LogP contribution is 2.47. The van der Waals surface area contributed by atoms with Gasteiger partial charge in [0.05, 0.1) is 63.8 Å². The molecule has 0 radical (unpaired) electrons. The van der Waals surface area contributed by atoms with E-state index in [1.165, 1.54) is 29.1 Å². The predicted molar refractivity (Wildman–Crippen MR) is 225 cm³/mol. The van der Waals surface area contributed by atoms with E-state index in [1.54, 1.807) is 39.5 Å². The number of aromatic nitrogens is 2. The molecule has 1 spiro atoms. The molecule has 3 heterocycles. The van der Waals surface area contributed by atoms with Crippen molar-refractivity contribution >= 4 is 39.0 Å². The summed E-state index contributed by atoms with van der Waals surface area (Å²) in [6, 6.07) is 11.4. The maximum atomic E-state index is 15.1. The lowest BCUT2D eigenvalue weighted by atomic mass is 9.68. The molecule has 16 heteroatoms. The third-order valence-corrected chi connectivity index (χ3v) is 14.3. The highest BCUT2D eigenvalue weighted by atomic mass is 35.5. The quantitative estimate of drug-likeness (QED) is 0.184. The number of rotatable bonds is 11. The average Bonchev–Trinajstić information content (AvgIpc) is 3.52. The van der Waals surface area contributed by atoms with Crippen LogP contribution in [0.25, 0.3) is 0 Å². The minimum Gasteiger partial charge on any atom is -0.490 e. The second kappa shape index (κ2) is 18.7. The number of carbonyl (C=O) groups excluding carboxylic acids is 2. The Hall–Kier alpha value is -3.99. The second-order valence-electron chi connectivity index (χ2n) is 16.2. The van der Waals surface area contributed by atoms with Gasteiger partial charge in [0.2, 0.25) is 5.88 Å². The summed E-state index contributed by atoms with van der Waals surface area (Å²) in [6.45, 7) is 5.13. The maximum Gasteiger partial charge on any atom is 0.286 e. The van der Waals surface area contributed by atoms with Crippen LogP contribution < -0.4 is 19.1 Å². The topological polar surface area (TPSA) is 152 Å². The third kappa shape index (κ3) is 9.66. The number of hydrogen-bond donors (Lipinski definition) is 1. The average molecular weight is 854 g/mol. The highest BCUT2D eigenvalue weighted by Gasteiger charge is 2.44. The van der Waals surface area contributed by atoms with Crippen LogP contribution >= 0.6 is 11.6 Å². The highest BCUT2D eigenvalue weighted by molar-refractivity contribution is 7.92. The number of benzene rings is 2. The maximum absolute atomic E-state index is 15.1.